The highest BCUT2D eigenvalue weighted by molar-refractivity contribution is 5.57. The van der Waals surface area contributed by atoms with E-state index < -0.39 is 0 Å². The van der Waals surface area contributed by atoms with Crippen molar-refractivity contribution in [3.8, 4) is 0 Å². The lowest BCUT2D eigenvalue weighted by atomic mass is 10.2. The fourth-order valence-corrected chi connectivity index (χ4v) is 1.82. The third-order valence-electron chi connectivity index (χ3n) is 2.74. The summed E-state index contributed by atoms with van der Waals surface area (Å²) in [5, 5.41) is 3.06. The molecule has 0 aromatic carbocycles. The van der Waals surface area contributed by atoms with E-state index in [-0.39, 0.29) is 17.5 Å². The van der Waals surface area contributed by atoms with Gasteiger partial charge in [-0.3, -0.25) is 14.7 Å². The Bertz CT molecular complexity index is 428. The molecule has 7 nitrogen and oxygen atoms in total. The summed E-state index contributed by atoms with van der Waals surface area (Å²) >= 11 is 0. The fraction of sp³-hybridized carbons (Fsp3) is 0.500. The van der Waals surface area contributed by atoms with Crippen molar-refractivity contribution in [1.29, 1.82) is 0 Å². The lowest BCUT2D eigenvalue weighted by Gasteiger charge is -2.29. The number of hydrogen-bond donors (Lipinski definition) is 5. The van der Waals surface area contributed by atoms with Crippen LogP contribution in [0.3, 0.4) is 0 Å². The van der Waals surface area contributed by atoms with Crippen LogP contribution in [0.2, 0.25) is 0 Å². The molecular weight excluding hydrogens is 196 g/mol. The average Bonchev–Trinajstić information content (AvgIpc) is 2.17. The lowest BCUT2D eigenvalue weighted by molar-refractivity contribution is -0.837. The van der Waals surface area contributed by atoms with Crippen molar-refractivity contribution in [1.82, 2.24) is 9.97 Å². The third-order valence-corrected chi connectivity index (χ3v) is 2.74. The molecule has 15 heavy (non-hydrogen) atoms. The number of hydrogen-bond acceptors (Lipinski definition) is 5. The van der Waals surface area contributed by atoms with Gasteiger partial charge < -0.3 is 16.8 Å². The largest absolute Gasteiger partial charge is 0.369 e. The Morgan fingerprint density at radius 2 is 2.40 bits per heavy atom. The van der Waals surface area contributed by atoms with Crippen LogP contribution in [0, 0.1) is 0 Å². The van der Waals surface area contributed by atoms with E-state index in [1.165, 1.54) is 0 Å². The first-order valence-electron chi connectivity index (χ1n) is 4.81. The van der Waals surface area contributed by atoms with Crippen LogP contribution in [0.1, 0.15) is 0 Å². The molecule has 0 aliphatic carbocycles. The number of nitrogens with zero attached hydrogens (tertiary/aromatic N) is 1. The summed E-state index contributed by atoms with van der Waals surface area (Å²) in [6, 6.07) is 0.184. The van der Waals surface area contributed by atoms with Gasteiger partial charge in [0.25, 0.3) is 0 Å². The number of likely N-dealkylation sites (N-methyl/N-ethyl adjacent to an activating group) is 1. The molecule has 1 aromatic heterocycles. The maximum Gasteiger partial charge on any atom is 0.315 e. The number of fused-ring (bicyclic) bond motifs is 1. The number of nitrogen functional groups attached to an aromatic ring is 1. The number of anilines is 2. The molecule has 82 valence electrons. The van der Waals surface area contributed by atoms with Gasteiger partial charge in [-0.05, 0) is 0 Å². The van der Waals surface area contributed by atoms with Gasteiger partial charge in [-0.15, -0.1) is 0 Å². The smallest absolute Gasteiger partial charge is 0.315 e. The highest BCUT2D eigenvalue weighted by atomic mass is 16.1. The molecule has 2 heterocycles. The molecule has 1 aliphatic heterocycles. The molecule has 2 rings (SSSR count). The van der Waals surface area contributed by atoms with Gasteiger partial charge >= 0.3 is 5.56 Å². The normalized spacial score (nSPS) is 24.4. The molecule has 1 aromatic rings. The molecule has 0 saturated heterocycles. The minimum absolute atomic E-state index is 0.130. The summed E-state index contributed by atoms with van der Waals surface area (Å²) in [5.74, 6) is 0.684. The maximum atomic E-state index is 11.7. The summed E-state index contributed by atoms with van der Waals surface area (Å²) in [4.78, 5) is 19.2. The lowest BCUT2D eigenvalue weighted by Crippen LogP contribution is -3.12. The van der Waals surface area contributed by atoms with Crippen molar-refractivity contribution in [2.45, 2.75) is 6.04 Å². The van der Waals surface area contributed by atoms with Crippen molar-refractivity contribution in [2.75, 3.05) is 31.2 Å². The van der Waals surface area contributed by atoms with Gasteiger partial charge in [0.1, 0.15) is 6.04 Å². The van der Waals surface area contributed by atoms with Crippen LogP contribution >= 0.6 is 0 Å². The van der Waals surface area contributed by atoms with E-state index in [0.29, 0.717) is 24.6 Å². The highest BCUT2D eigenvalue weighted by Crippen LogP contribution is 2.13. The average molecular weight is 211 g/mol. The predicted octanol–water partition coefficient (Wildman–Crippen LogP) is -2.75. The van der Waals surface area contributed by atoms with Crippen LogP contribution < -0.4 is 27.2 Å². The Morgan fingerprint density at radius 3 is 3.07 bits per heavy atom. The molecule has 0 spiro atoms. The Hall–Kier alpha value is -1.60. The van der Waals surface area contributed by atoms with Crippen LogP contribution in [0.5, 0.6) is 0 Å². The van der Waals surface area contributed by atoms with Gasteiger partial charge in [0.2, 0.25) is 11.6 Å². The Morgan fingerprint density at radius 1 is 1.67 bits per heavy atom. The maximum absolute atomic E-state index is 11.7. The van der Waals surface area contributed by atoms with Gasteiger partial charge in [-0.2, -0.15) is 4.98 Å². The van der Waals surface area contributed by atoms with E-state index in [1.807, 2.05) is 7.05 Å². The molecule has 0 radical (unpaired) electrons. The summed E-state index contributed by atoms with van der Waals surface area (Å²) in [5.41, 5.74) is 11.4. The number of nitrogens with one attached hydrogen (secondary N) is 3. The molecule has 7 heteroatoms. The number of aromatic nitrogens is 2. The Labute approximate surface area is 86.5 Å². The van der Waals surface area contributed by atoms with E-state index in [1.54, 1.807) is 0 Å². The van der Waals surface area contributed by atoms with Gasteiger partial charge in [0.05, 0.1) is 13.6 Å². The van der Waals surface area contributed by atoms with Crippen LogP contribution in [0.25, 0.3) is 0 Å². The zero-order valence-corrected chi connectivity index (χ0v) is 8.50. The van der Waals surface area contributed by atoms with Gasteiger partial charge in [0, 0.05) is 6.54 Å². The third kappa shape index (κ3) is 1.55. The summed E-state index contributed by atoms with van der Waals surface area (Å²) in [6.45, 7) is 1.22. The number of aromatic amines is 1. The van der Waals surface area contributed by atoms with E-state index in [2.05, 4.69) is 15.3 Å². The van der Waals surface area contributed by atoms with Crippen LogP contribution in [0.15, 0.2) is 4.79 Å². The predicted molar refractivity (Wildman–Crippen MR) is 57.1 cm³/mol. The standard InChI is InChI=1S/C8H14N6O/c1-14-4(2-9)3-11-6-5(14)7(15)13-8(10)12-6/h4H,2-3,9H2,1H3,(H4,10,11,12,13,15)/p+1. The first kappa shape index (κ1) is 9.94. The Balaban J connectivity index is 2.52. The molecule has 0 saturated carbocycles. The first-order valence-corrected chi connectivity index (χ1v) is 4.81. The van der Waals surface area contributed by atoms with Crippen LogP contribution in [-0.2, 0) is 0 Å². The van der Waals surface area contributed by atoms with Crippen molar-refractivity contribution < 1.29 is 4.90 Å². The fourth-order valence-electron chi connectivity index (χ4n) is 1.82. The molecule has 0 bridgehead atoms. The van der Waals surface area contributed by atoms with Crippen molar-refractivity contribution in [3.05, 3.63) is 10.4 Å². The van der Waals surface area contributed by atoms with E-state index in [9.17, 15) is 4.79 Å². The summed E-state index contributed by atoms with van der Waals surface area (Å²) in [7, 11) is 1.91. The molecular formula is C8H15N6O+. The zero-order valence-electron chi connectivity index (χ0n) is 8.50. The molecule has 2 atom stereocenters. The second-order valence-electron chi connectivity index (χ2n) is 3.67. The topological polar surface area (TPSA) is 114 Å². The SMILES string of the molecule is C[NH+]1c2c(nc(N)[nH]c2=O)NCC1CN. The van der Waals surface area contributed by atoms with Crippen LogP contribution in [-0.4, -0.2) is 36.1 Å². The second-order valence-corrected chi connectivity index (χ2v) is 3.67. The van der Waals surface area contributed by atoms with Crippen molar-refractivity contribution >= 4 is 17.5 Å². The molecule has 1 aliphatic rings. The van der Waals surface area contributed by atoms with Crippen molar-refractivity contribution in [2.24, 2.45) is 5.73 Å². The van der Waals surface area contributed by atoms with Crippen molar-refractivity contribution in [3.63, 3.8) is 0 Å². The molecule has 0 amide bonds. The number of quaternary nitrogens is 1. The van der Waals surface area contributed by atoms with Gasteiger partial charge in [-0.1, -0.05) is 0 Å². The van der Waals surface area contributed by atoms with E-state index >= 15 is 0 Å². The van der Waals surface area contributed by atoms with E-state index in [4.69, 9.17) is 11.5 Å². The van der Waals surface area contributed by atoms with Gasteiger partial charge in [0.15, 0.2) is 5.82 Å². The van der Waals surface area contributed by atoms with E-state index in [0.717, 1.165) is 4.90 Å². The number of nitrogens with two attached hydrogens (primary N) is 2. The quantitative estimate of drug-likeness (QED) is 0.345. The number of rotatable bonds is 1. The molecule has 0 fully saturated rings. The second kappa shape index (κ2) is 3.52. The minimum atomic E-state index is -0.208. The zero-order chi connectivity index (χ0) is 11.0. The number of H-pyrrole nitrogens is 1. The van der Waals surface area contributed by atoms with Gasteiger partial charge in [-0.25, -0.2) is 0 Å². The minimum Gasteiger partial charge on any atom is -0.369 e. The van der Waals surface area contributed by atoms with Crippen LogP contribution in [0.4, 0.5) is 17.5 Å². The first-order chi connectivity index (χ1) is 7.13. The Kier molecular flexibility index (Phi) is 2.33. The molecule has 7 N–H and O–H groups in total. The molecule has 2 unspecified atom stereocenters. The monoisotopic (exact) mass is 211 g/mol. The summed E-state index contributed by atoms with van der Waals surface area (Å²) in [6.07, 6.45) is 0. The highest BCUT2D eigenvalue weighted by Gasteiger charge is 2.31. The summed E-state index contributed by atoms with van der Waals surface area (Å²) < 4.78 is 0.